The van der Waals surface area contributed by atoms with E-state index >= 15 is 0 Å². The van der Waals surface area contributed by atoms with E-state index in [2.05, 4.69) is 52.3 Å². The number of nitrogens with one attached hydrogen (secondary N) is 1. The minimum atomic E-state index is -2.16. The number of esters is 1. The number of carbonyl (C=O) groups is 2. The van der Waals surface area contributed by atoms with Crippen molar-refractivity contribution >= 4 is 20.2 Å². The lowest BCUT2D eigenvalue weighted by Crippen LogP contribution is -2.49. The van der Waals surface area contributed by atoms with Gasteiger partial charge in [-0.15, -0.1) is 13.2 Å². The zero-order valence-corrected chi connectivity index (χ0v) is 20.9. The molecule has 5 nitrogen and oxygen atoms in total. The normalized spacial score (nSPS) is 14.8. The van der Waals surface area contributed by atoms with Crippen molar-refractivity contribution in [2.45, 2.75) is 70.8 Å². The van der Waals surface area contributed by atoms with E-state index in [-0.39, 0.29) is 29.4 Å². The summed E-state index contributed by atoms with van der Waals surface area (Å²) in [5.41, 5.74) is 0.865. The molecule has 0 unspecified atom stereocenters. The minimum Gasteiger partial charge on any atom is -0.463 e. The lowest BCUT2D eigenvalue weighted by Gasteiger charge is -2.39. The van der Waals surface area contributed by atoms with E-state index < -0.39 is 20.5 Å². The van der Waals surface area contributed by atoms with Gasteiger partial charge in [-0.25, -0.2) is 0 Å². The zero-order chi connectivity index (χ0) is 23.7. The van der Waals surface area contributed by atoms with Crippen molar-refractivity contribution in [2.24, 2.45) is 5.92 Å². The Morgan fingerprint density at radius 3 is 2.19 bits per heavy atom. The number of rotatable bonds is 12. The van der Waals surface area contributed by atoms with Gasteiger partial charge in [-0.1, -0.05) is 70.2 Å². The summed E-state index contributed by atoms with van der Waals surface area (Å²) in [5, 5.41) is 3.01. The maximum absolute atomic E-state index is 13.2. The third-order valence-electron chi connectivity index (χ3n) is 5.75. The van der Waals surface area contributed by atoms with Gasteiger partial charge in [-0.3, -0.25) is 9.59 Å². The summed E-state index contributed by atoms with van der Waals surface area (Å²) in [6.07, 6.45) is 3.71. The first-order valence-corrected chi connectivity index (χ1v) is 13.7. The SMILES string of the molecule is C=CC[C@@H](C)C(=O)OC[C@H](NC(=O)[C@@H](CC=C)O[Si](C)(C)C(C)(C)C)c1ccccc1. The van der Waals surface area contributed by atoms with Crippen molar-refractivity contribution < 1.29 is 18.8 Å². The number of allylic oxidation sites excluding steroid dienone is 1. The Morgan fingerprint density at radius 2 is 1.68 bits per heavy atom. The molecular weight excluding hydrogens is 406 g/mol. The van der Waals surface area contributed by atoms with Crippen LogP contribution >= 0.6 is 0 Å². The first-order valence-electron chi connectivity index (χ1n) is 10.8. The second-order valence-electron chi connectivity index (χ2n) is 9.42. The largest absolute Gasteiger partial charge is 0.463 e. The van der Waals surface area contributed by atoms with E-state index in [4.69, 9.17) is 9.16 Å². The van der Waals surface area contributed by atoms with Gasteiger partial charge in [0, 0.05) is 0 Å². The molecule has 1 rings (SSSR count). The Bertz CT molecular complexity index is 740. The average Bonchev–Trinajstić information content (AvgIpc) is 2.70. The molecule has 1 aromatic carbocycles. The van der Waals surface area contributed by atoms with Crippen molar-refractivity contribution in [2.75, 3.05) is 6.61 Å². The van der Waals surface area contributed by atoms with Crippen LogP contribution in [0.15, 0.2) is 55.6 Å². The van der Waals surface area contributed by atoms with Gasteiger partial charge in [0.05, 0.1) is 12.0 Å². The number of ether oxygens (including phenoxy) is 1. The highest BCUT2D eigenvalue weighted by Crippen LogP contribution is 2.37. The van der Waals surface area contributed by atoms with Crippen LogP contribution in [0.2, 0.25) is 18.1 Å². The van der Waals surface area contributed by atoms with Crippen LogP contribution in [-0.2, 0) is 18.8 Å². The monoisotopic (exact) mass is 445 g/mol. The molecule has 0 aliphatic carbocycles. The molecule has 0 aromatic heterocycles. The number of benzene rings is 1. The van der Waals surface area contributed by atoms with Crippen LogP contribution < -0.4 is 5.32 Å². The highest BCUT2D eigenvalue weighted by atomic mass is 28.4. The number of carbonyl (C=O) groups excluding carboxylic acids is 2. The molecule has 0 spiro atoms. The second-order valence-corrected chi connectivity index (χ2v) is 14.2. The lowest BCUT2D eigenvalue weighted by atomic mass is 10.1. The van der Waals surface area contributed by atoms with Gasteiger partial charge >= 0.3 is 5.97 Å². The molecule has 1 amide bonds. The Kier molecular flexibility index (Phi) is 10.4. The van der Waals surface area contributed by atoms with Crippen LogP contribution in [0.3, 0.4) is 0 Å². The molecule has 1 aromatic rings. The van der Waals surface area contributed by atoms with Crippen LogP contribution in [0.4, 0.5) is 0 Å². The molecule has 0 aliphatic heterocycles. The Labute approximate surface area is 189 Å². The summed E-state index contributed by atoms with van der Waals surface area (Å²) in [4.78, 5) is 25.5. The molecule has 172 valence electrons. The first-order chi connectivity index (χ1) is 14.4. The van der Waals surface area contributed by atoms with Gasteiger partial charge in [0.25, 0.3) is 0 Å². The molecular formula is C25H39NO4Si. The molecule has 0 heterocycles. The van der Waals surface area contributed by atoms with E-state index in [1.165, 1.54) is 0 Å². The van der Waals surface area contributed by atoms with Gasteiger partial charge in [0.1, 0.15) is 12.7 Å². The third kappa shape index (κ3) is 8.46. The molecule has 0 saturated carbocycles. The fraction of sp³-hybridized carbons (Fsp3) is 0.520. The minimum absolute atomic E-state index is 0.0254. The number of hydrogen-bond acceptors (Lipinski definition) is 4. The molecule has 0 fully saturated rings. The zero-order valence-electron chi connectivity index (χ0n) is 19.9. The summed E-state index contributed by atoms with van der Waals surface area (Å²) < 4.78 is 11.9. The summed E-state index contributed by atoms with van der Waals surface area (Å²) in [6.45, 7) is 20.0. The summed E-state index contributed by atoms with van der Waals surface area (Å²) in [5.74, 6) is -0.816. The van der Waals surface area contributed by atoms with Crippen LogP contribution in [0.1, 0.15) is 52.1 Å². The highest BCUT2D eigenvalue weighted by molar-refractivity contribution is 6.74. The Morgan fingerprint density at radius 1 is 1.10 bits per heavy atom. The summed E-state index contributed by atoms with van der Waals surface area (Å²) in [7, 11) is -2.16. The van der Waals surface area contributed by atoms with Crippen LogP contribution in [0.5, 0.6) is 0 Å². The van der Waals surface area contributed by atoms with Crippen molar-refractivity contribution in [3.63, 3.8) is 0 Å². The van der Waals surface area contributed by atoms with Crippen molar-refractivity contribution in [1.29, 1.82) is 0 Å². The average molecular weight is 446 g/mol. The predicted molar refractivity (Wildman–Crippen MR) is 129 cm³/mol. The predicted octanol–water partition coefficient (Wildman–Crippen LogP) is 5.57. The van der Waals surface area contributed by atoms with E-state index in [1.54, 1.807) is 19.1 Å². The van der Waals surface area contributed by atoms with Gasteiger partial charge in [-0.05, 0) is 36.5 Å². The number of amides is 1. The van der Waals surface area contributed by atoms with Crippen molar-refractivity contribution in [3.05, 3.63) is 61.2 Å². The second kappa shape index (κ2) is 12.0. The topological polar surface area (TPSA) is 64.6 Å². The molecule has 3 atom stereocenters. The fourth-order valence-electron chi connectivity index (χ4n) is 2.72. The molecule has 0 bridgehead atoms. The van der Waals surface area contributed by atoms with E-state index in [0.29, 0.717) is 12.8 Å². The third-order valence-corrected chi connectivity index (χ3v) is 10.2. The standard InChI is InChI=1S/C25H39NO4Si/c1-9-14-19(3)24(28)29-18-21(20-16-12-11-13-17-20)26-23(27)22(15-10-2)30-31(7,8)25(4,5)6/h9-13,16-17,19,21-22H,1-2,14-15,18H2,3-8H3,(H,26,27)/t19-,21+,22-/m1/s1. The quantitative estimate of drug-likeness (QED) is 0.260. The molecule has 6 heteroatoms. The molecule has 0 aliphatic rings. The smallest absolute Gasteiger partial charge is 0.309 e. The first kappa shape index (κ1) is 26.9. The van der Waals surface area contributed by atoms with Gasteiger partial charge in [-0.2, -0.15) is 0 Å². The Balaban J connectivity index is 3.00. The molecule has 1 N–H and O–H groups in total. The van der Waals surface area contributed by atoms with Gasteiger partial charge in [0.2, 0.25) is 5.91 Å². The molecule has 0 radical (unpaired) electrons. The maximum atomic E-state index is 13.2. The van der Waals surface area contributed by atoms with Crippen molar-refractivity contribution in [3.8, 4) is 0 Å². The van der Waals surface area contributed by atoms with Crippen LogP contribution in [0, 0.1) is 5.92 Å². The maximum Gasteiger partial charge on any atom is 0.309 e. The van der Waals surface area contributed by atoms with Crippen LogP contribution in [-0.4, -0.2) is 32.9 Å². The fourth-order valence-corrected chi connectivity index (χ4v) is 3.99. The Hall–Kier alpha value is -2.18. The van der Waals surface area contributed by atoms with E-state index in [1.807, 2.05) is 30.3 Å². The molecule has 31 heavy (non-hydrogen) atoms. The van der Waals surface area contributed by atoms with E-state index in [9.17, 15) is 9.59 Å². The highest BCUT2D eigenvalue weighted by Gasteiger charge is 2.40. The number of hydrogen-bond donors (Lipinski definition) is 1. The van der Waals surface area contributed by atoms with Crippen molar-refractivity contribution in [1.82, 2.24) is 5.32 Å². The lowest BCUT2D eigenvalue weighted by molar-refractivity contribution is -0.149. The molecule has 0 saturated heterocycles. The summed E-state index contributed by atoms with van der Waals surface area (Å²) >= 11 is 0. The van der Waals surface area contributed by atoms with Gasteiger partial charge < -0.3 is 14.5 Å². The van der Waals surface area contributed by atoms with Crippen LogP contribution in [0.25, 0.3) is 0 Å². The van der Waals surface area contributed by atoms with E-state index in [0.717, 1.165) is 5.56 Å². The van der Waals surface area contributed by atoms with Gasteiger partial charge in [0.15, 0.2) is 8.32 Å². The summed E-state index contributed by atoms with van der Waals surface area (Å²) in [6, 6.07) is 9.03.